The molecular formula is C21H18ClNO2S. The Balaban J connectivity index is 1.46. The molecule has 0 aliphatic carbocycles. The molecule has 1 N–H and O–H groups in total. The molecule has 0 aliphatic heterocycles. The van der Waals surface area contributed by atoms with Gasteiger partial charge >= 0.3 is 0 Å². The highest BCUT2D eigenvalue weighted by atomic mass is 35.5. The van der Waals surface area contributed by atoms with Gasteiger partial charge in [0.1, 0.15) is 5.75 Å². The largest absolute Gasteiger partial charge is 0.484 e. The molecule has 0 atom stereocenters. The van der Waals surface area contributed by atoms with Crippen molar-refractivity contribution in [1.29, 1.82) is 0 Å². The van der Waals surface area contributed by atoms with Crippen LogP contribution in [0.5, 0.6) is 5.75 Å². The number of carbonyl (C=O) groups excluding carboxylic acids is 1. The molecule has 0 radical (unpaired) electrons. The summed E-state index contributed by atoms with van der Waals surface area (Å²) in [5.41, 5.74) is 1.95. The molecule has 0 heterocycles. The minimum atomic E-state index is -0.212. The van der Waals surface area contributed by atoms with Crippen molar-refractivity contribution < 1.29 is 9.53 Å². The van der Waals surface area contributed by atoms with Crippen molar-refractivity contribution in [2.45, 2.75) is 10.6 Å². The summed E-state index contributed by atoms with van der Waals surface area (Å²) < 4.78 is 5.43. The van der Waals surface area contributed by atoms with Gasteiger partial charge < -0.3 is 10.1 Å². The van der Waals surface area contributed by atoms with Crippen LogP contribution in [-0.4, -0.2) is 12.5 Å². The molecule has 26 heavy (non-hydrogen) atoms. The molecule has 0 bridgehead atoms. The summed E-state index contributed by atoms with van der Waals surface area (Å²) in [7, 11) is 0. The van der Waals surface area contributed by atoms with E-state index >= 15 is 0 Å². The first kappa shape index (κ1) is 18.4. The number of hydrogen-bond acceptors (Lipinski definition) is 3. The molecule has 3 rings (SSSR count). The Bertz CT molecular complexity index is 853. The molecule has 0 aromatic heterocycles. The van der Waals surface area contributed by atoms with Gasteiger partial charge in [-0.15, -0.1) is 11.8 Å². The van der Waals surface area contributed by atoms with E-state index in [-0.39, 0.29) is 12.5 Å². The lowest BCUT2D eigenvalue weighted by Crippen LogP contribution is -2.20. The zero-order valence-corrected chi connectivity index (χ0v) is 15.6. The Kier molecular flexibility index (Phi) is 6.58. The van der Waals surface area contributed by atoms with Crippen molar-refractivity contribution in [3.8, 4) is 5.75 Å². The molecule has 0 aliphatic rings. The molecule has 1 amide bonds. The van der Waals surface area contributed by atoms with Crippen LogP contribution in [0.4, 0.5) is 5.69 Å². The van der Waals surface area contributed by atoms with Crippen LogP contribution < -0.4 is 10.1 Å². The molecule has 0 fully saturated rings. The molecule has 0 unspecified atom stereocenters. The van der Waals surface area contributed by atoms with Gasteiger partial charge in [0, 0.05) is 21.4 Å². The van der Waals surface area contributed by atoms with Gasteiger partial charge in [-0.25, -0.2) is 0 Å². The molecule has 5 heteroatoms. The van der Waals surface area contributed by atoms with Gasteiger partial charge in [-0.2, -0.15) is 0 Å². The molecule has 3 aromatic rings. The summed E-state index contributed by atoms with van der Waals surface area (Å²) in [4.78, 5) is 13.2. The van der Waals surface area contributed by atoms with E-state index in [0.717, 1.165) is 11.4 Å². The van der Waals surface area contributed by atoms with Crippen molar-refractivity contribution in [3.63, 3.8) is 0 Å². The highest BCUT2D eigenvalue weighted by molar-refractivity contribution is 7.98. The topological polar surface area (TPSA) is 38.3 Å². The number of nitrogens with one attached hydrogen (secondary N) is 1. The van der Waals surface area contributed by atoms with Crippen LogP contribution in [0.1, 0.15) is 5.56 Å². The second kappa shape index (κ2) is 9.32. The third-order valence-corrected chi connectivity index (χ3v) is 4.87. The summed E-state index contributed by atoms with van der Waals surface area (Å²) >= 11 is 7.67. The highest BCUT2D eigenvalue weighted by Gasteiger charge is 2.04. The molecule has 0 saturated heterocycles. The summed E-state index contributed by atoms with van der Waals surface area (Å²) in [6.07, 6.45) is 0. The van der Waals surface area contributed by atoms with Gasteiger partial charge in [-0.3, -0.25) is 4.79 Å². The molecular weight excluding hydrogens is 366 g/mol. The predicted octanol–water partition coefficient (Wildman–Crippen LogP) is 5.65. The Morgan fingerprint density at radius 1 is 0.962 bits per heavy atom. The van der Waals surface area contributed by atoms with Crippen molar-refractivity contribution in [1.82, 2.24) is 0 Å². The Labute approximate surface area is 162 Å². The van der Waals surface area contributed by atoms with Crippen LogP contribution >= 0.6 is 23.4 Å². The zero-order chi connectivity index (χ0) is 18.2. The van der Waals surface area contributed by atoms with E-state index in [1.54, 1.807) is 36.0 Å². The molecule has 3 nitrogen and oxygen atoms in total. The lowest BCUT2D eigenvalue weighted by molar-refractivity contribution is -0.118. The third-order valence-electron chi connectivity index (χ3n) is 3.55. The minimum Gasteiger partial charge on any atom is -0.484 e. The van der Waals surface area contributed by atoms with Crippen LogP contribution in [0.3, 0.4) is 0 Å². The maximum absolute atomic E-state index is 12.0. The van der Waals surface area contributed by atoms with Gasteiger partial charge in [0.05, 0.1) is 0 Å². The van der Waals surface area contributed by atoms with Gasteiger partial charge in [-0.05, 0) is 48.0 Å². The number of anilines is 1. The monoisotopic (exact) mass is 383 g/mol. The van der Waals surface area contributed by atoms with Gasteiger partial charge in [0.25, 0.3) is 5.91 Å². The van der Waals surface area contributed by atoms with Crippen LogP contribution in [0.2, 0.25) is 5.02 Å². The van der Waals surface area contributed by atoms with Crippen LogP contribution in [0.15, 0.2) is 83.8 Å². The number of carbonyl (C=O) groups is 1. The summed E-state index contributed by atoms with van der Waals surface area (Å²) in [5.74, 6) is 1.24. The normalized spacial score (nSPS) is 10.3. The van der Waals surface area contributed by atoms with Crippen molar-refractivity contribution in [2.24, 2.45) is 0 Å². The predicted molar refractivity (Wildman–Crippen MR) is 108 cm³/mol. The van der Waals surface area contributed by atoms with Crippen molar-refractivity contribution in [3.05, 3.63) is 89.4 Å². The summed E-state index contributed by atoms with van der Waals surface area (Å²) in [5, 5.41) is 3.40. The zero-order valence-electron chi connectivity index (χ0n) is 14.0. The number of ether oxygens (including phenoxy) is 1. The van der Waals surface area contributed by atoms with Crippen molar-refractivity contribution >= 4 is 35.0 Å². The number of amides is 1. The van der Waals surface area contributed by atoms with E-state index < -0.39 is 0 Å². The average molecular weight is 384 g/mol. The maximum Gasteiger partial charge on any atom is 0.262 e. The minimum absolute atomic E-state index is 0.0635. The highest BCUT2D eigenvalue weighted by Crippen LogP contribution is 2.23. The first-order valence-electron chi connectivity index (χ1n) is 8.14. The van der Waals surface area contributed by atoms with Gasteiger partial charge in [0.15, 0.2) is 6.61 Å². The summed E-state index contributed by atoms with van der Waals surface area (Å²) in [6, 6.07) is 25.1. The number of halogens is 1. The van der Waals surface area contributed by atoms with E-state index in [0.29, 0.717) is 10.8 Å². The van der Waals surface area contributed by atoms with E-state index in [4.69, 9.17) is 16.3 Å². The first-order valence-corrected chi connectivity index (χ1v) is 9.50. The Morgan fingerprint density at radius 2 is 1.73 bits per heavy atom. The second-order valence-corrected chi connectivity index (χ2v) is 7.08. The van der Waals surface area contributed by atoms with Crippen molar-refractivity contribution in [2.75, 3.05) is 11.9 Å². The summed E-state index contributed by atoms with van der Waals surface area (Å²) in [6.45, 7) is -0.0635. The molecule has 132 valence electrons. The maximum atomic E-state index is 12.0. The fraction of sp³-hybridized carbons (Fsp3) is 0.0952. The first-order chi connectivity index (χ1) is 12.7. The van der Waals surface area contributed by atoms with E-state index in [2.05, 4.69) is 17.4 Å². The number of thioether (sulfide) groups is 1. The second-order valence-electron chi connectivity index (χ2n) is 5.59. The third kappa shape index (κ3) is 5.83. The number of rotatable bonds is 7. The number of hydrogen-bond donors (Lipinski definition) is 1. The fourth-order valence-electron chi connectivity index (χ4n) is 2.27. The molecule has 0 saturated carbocycles. The van der Waals surface area contributed by atoms with Crippen LogP contribution in [-0.2, 0) is 10.5 Å². The Morgan fingerprint density at radius 3 is 2.46 bits per heavy atom. The quantitative estimate of drug-likeness (QED) is 0.536. The van der Waals surface area contributed by atoms with Crippen LogP contribution in [0, 0.1) is 0 Å². The SMILES string of the molecule is O=C(COc1cccc(Cl)c1)Nc1ccc(CSc2ccccc2)cc1. The van der Waals surface area contributed by atoms with Crippen LogP contribution in [0.25, 0.3) is 0 Å². The van der Waals surface area contributed by atoms with Gasteiger partial charge in [0.2, 0.25) is 0 Å². The smallest absolute Gasteiger partial charge is 0.262 e. The van der Waals surface area contributed by atoms with E-state index in [1.165, 1.54) is 10.5 Å². The lowest BCUT2D eigenvalue weighted by atomic mass is 10.2. The Hall–Kier alpha value is -2.43. The lowest BCUT2D eigenvalue weighted by Gasteiger charge is -2.08. The molecule has 3 aromatic carbocycles. The molecule has 0 spiro atoms. The average Bonchev–Trinajstić information content (AvgIpc) is 2.67. The van der Waals surface area contributed by atoms with E-state index in [9.17, 15) is 4.79 Å². The number of benzene rings is 3. The van der Waals surface area contributed by atoms with E-state index in [1.807, 2.05) is 42.5 Å². The fourth-order valence-corrected chi connectivity index (χ4v) is 3.33. The standard InChI is InChI=1S/C21H18ClNO2S/c22-17-5-4-6-19(13-17)25-14-21(24)23-18-11-9-16(10-12-18)15-26-20-7-2-1-3-8-20/h1-13H,14-15H2,(H,23,24). The van der Waals surface area contributed by atoms with Gasteiger partial charge in [-0.1, -0.05) is 48.0 Å².